The van der Waals surface area contributed by atoms with E-state index in [4.69, 9.17) is 39.5 Å². The average molecular weight is 346 g/mol. The second-order valence-corrected chi connectivity index (χ2v) is 5.69. The van der Waals surface area contributed by atoms with Gasteiger partial charge in [0.1, 0.15) is 5.75 Å². The Hall–Kier alpha value is -1.42. The van der Waals surface area contributed by atoms with E-state index in [9.17, 15) is 9.90 Å². The van der Waals surface area contributed by atoms with Crippen molar-refractivity contribution in [3.8, 4) is 5.75 Å². The normalized spacial score (nSPS) is 12.0. The Kier molecular flexibility index (Phi) is 5.34. The molecule has 110 valence electrons. The van der Waals surface area contributed by atoms with Crippen LogP contribution in [-0.4, -0.2) is 17.2 Å². The zero-order valence-electron chi connectivity index (χ0n) is 10.7. The van der Waals surface area contributed by atoms with Gasteiger partial charge in [-0.3, -0.25) is 0 Å². The van der Waals surface area contributed by atoms with Gasteiger partial charge < -0.3 is 9.84 Å². The van der Waals surface area contributed by atoms with Crippen molar-refractivity contribution in [1.29, 1.82) is 0 Å². The number of ether oxygens (including phenoxy) is 1. The minimum atomic E-state index is -1.07. The molecular formula is C15H11Cl3O3. The Morgan fingerprint density at radius 2 is 1.57 bits per heavy atom. The largest absolute Gasteiger partial charge is 0.478 e. The summed E-state index contributed by atoms with van der Waals surface area (Å²) in [5, 5.41) is 10.7. The first-order chi connectivity index (χ1) is 9.94. The quantitative estimate of drug-likeness (QED) is 0.852. The first-order valence-corrected chi connectivity index (χ1v) is 7.17. The van der Waals surface area contributed by atoms with E-state index in [1.165, 1.54) is 0 Å². The van der Waals surface area contributed by atoms with Crippen LogP contribution in [0.25, 0.3) is 0 Å². The Labute approximate surface area is 137 Å². The number of aliphatic carboxylic acids is 1. The zero-order chi connectivity index (χ0) is 15.4. The van der Waals surface area contributed by atoms with Crippen molar-refractivity contribution in [1.82, 2.24) is 0 Å². The van der Waals surface area contributed by atoms with Gasteiger partial charge in [-0.2, -0.15) is 0 Å². The average Bonchev–Trinajstić information content (AvgIpc) is 2.39. The maximum Gasteiger partial charge on any atom is 0.345 e. The molecule has 21 heavy (non-hydrogen) atoms. The summed E-state index contributed by atoms with van der Waals surface area (Å²) in [6.07, 6.45) is -0.890. The van der Waals surface area contributed by atoms with Gasteiger partial charge in [-0.05, 0) is 48.0 Å². The summed E-state index contributed by atoms with van der Waals surface area (Å²) >= 11 is 17.6. The third-order valence-electron chi connectivity index (χ3n) is 2.71. The lowest BCUT2D eigenvalue weighted by Gasteiger charge is -2.15. The molecule has 1 atom stereocenters. The number of rotatable bonds is 5. The second kappa shape index (κ2) is 7.03. The van der Waals surface area contributed by atoms with Crippen LogP contribution in [0, 0.1) is 0 Å². The third kappa shape index (κ3) is 4.81. The maximum absolute atomic E-state index is 11.3. The Morgan fingerprint density at radius 3 is 2.10 bits per heavy atom. The van der Waals surface area contributed by atoms with Crippen LogP contribution in [0.5, 0.6) is 5.75 Å². The van der Waals surface area contributed by atoms with Crippen LogP contribution >= 0.6 is 34.8 Å². The van der Waals surface area contributed by atoms with Crippen molar-refractivity contribution < 1.29 is 14.6 Å². The van der Waals surface area contributed by atoms with Gasteiger partial charge in [0.2, 0.25) is 0 Å². The van der Waals surface area contributed by atoms with E-state index in [-0.39, 0.29) is 6.42 Å². The van der Waals surface area contributed by atoms with Crippen molar-refractivity contribution in [2.45, 2.75) is 12.5 Å². The van der Waals surface area contributed by atoms with Gasteiger partial charge in [0.15, 0.2) is 6.10 Å². The predicted molar refractivity (Wildman–Crippen MR) is 83.7 cm³/mol. The highest BCUT2D eigenvalue weighted by Gasteiger charge is 2.20. The van der Waals surface area contributed by atoms with Gasteiger partial charge in [-0.15, -0.1) is 0 Å². The number of hydrogen-bond donors (Lipinski definition) is 1. The highest BCUT2D eigenvalue weighted by Crippen LogP contribution is 2.22. The summed E-state index contributed by atoms with van der Waals surface area (Å²) in [5.41, 5.74) is 0.689. The molecule has 3 nitrogen and oxygen atoms in total. The van der Waals surface area contributed by atoms with Gasteiger partial charge in [-0.25, -0.2) is 4.79 Å². The molecule has 0 heterocycles. The van der Waals surface area contributed by atoms with E-state index in [0.717, 1.165) is 0 Å². The minimum Gasteiger partial charge on any atom is -0.478 e. The van der Waals surface area contributed by atoms with Crippen LogP contribution in [0.3, 0.4) is 0 Å². The molecule has 0 spiro atoms. The fourth-order valence-corrected chi connectivity index (χ4v) is 2.50. The van der Waals surface area contributed by atoms with E-state index in [1.54, 1.807) is 42.5 Å². The van der Waals surface area contributed by atoms with E-state index in [1.807, 2.05) is 0 Å². The lowest BCUT2D eigenvalue weighted by atomic mass is 10.1. The third-order valence-corrected chi connectivity index (χ3v) is 3.40. The Balaban J connectivity index is 2.15. The van der Waals surface area contributed by atoms with E-state index in [0.29, 0.717) is 26.4 Å². The molecule has 2 rings (SSSR count). The molecule has 6 heteroatoms. The van der Waals surface area contributed by atoms with Crippen molar-refractivity contribution in [2.75, 3.05) is 0 Å². The van der Waals surface area contributed by atoms with Crippen LogP contribution in [0.4, 0.5) is 0 Å². The summed E-state index contributed by atoms with van der Waals surface area (Å²) in [6, 6.07) is 11.4. The van der Waals surface area contributed by atoms with Gasteiger partial charge in [0, 0.05) is 21.5 Å². The van der Waals surface area contributed by atoms with Crippen molar-refractivity contribution >= 4 is 40.8 Å². The Bertz CT molecular complexity index is 621. The molecule has 2 aromatic carbocycles. The van der Waals surface area contributed by atoms with Crippen molar-refractivity contribution in [3.05, 3.63) is 63.1 Å². The van der Waals surface area contributed by atoms with E-state index in [2.05, 4.69) is 0 Å². The summed E-state index contributed by atoms with van der Waals surface area (Å²) in [5.74, 6) is -0.638. The topological polar surface area (TPSA) is 46.5 Å². The van der Waals surface area contributed by atoms with Crippen LogP contribution in [0.1, 0.15) is 5.56 Å². The van der Waals surface area contributed by atoms with Gasteiger partial charge in [0.25, 0.3) is 0 Å². The number of hydrogen-bond acceptors (Lipinski definition) is 2. The zero-order valence-corrected chi connectivity index (χ0v) is 13.0. The molecule has 0 aliphatic carbocycles. The van der Waals surface area contributed by atoms with Crippen LogP contribution in [0.2, 0.25) is 15.1 Å². The fourth-order valence-electron chi connectivity index (χ4n) is 1.80. The van der Waals surface area contributed by atoms with Gasteiger partial charge in [0.05, 0.1) is 0 Å². The minimum absolute atomic E-state index is 0.151. The standard InChI is InChI=1S/C15H11Cl3O3/c16-10-1-3-13(4-2-10)21-14(15(19)20)7-9-5-11(17)8-12(18)6-9/h1-6,8,14H,7H2,(H,19,20)/t14-/m1/s1. The number of halogens is 3. The molecule has 0 aromatic heterocycles. The first kappa shape index (κ1) is 16.0. The molecule has 0 radical (unpaired) electrons. The molecule has 0 unspecified atom stereocenters. The van der Waals surface area contributed by atoms with Gasteiger partial charge >= 0.3 is 5.97 Å². The fraction of sp³-hybridized carbons (Fsp3) is 0.133. The molecule has 0 amide bonds. The molecule has 0 aliphatic heterocycles. The highest BCUT2D eigenvalue weighted by atomic mass is 35.5. The summed E-state index contributed by atoms with van der Waals surface area (Å²) < 4.78 is 5.47. The number of carbonyl (C=O) groups is 1. The molecule has 0 saturated carbocycles. The molecule has 1 N–H and O–H groups in total. The molecule has 0 fully saturated rings. The highest BCUT2D eigenvalue weighted by molar-refractivity contribution is 6.34. The van der Waals surface area contributed by atoms with Crippen LogP contribution in [0.15, 0.2) is 42.5 Å². The molecule has 0 aliphatic rings. The molecule has 2 aromatic rings. The van der Waals surface area contributed by atoms with Gasteiger partial charge in [-0.1, -0.05) is 34.8 Å². The number of carboxylic acid groups (broad SMARTS) is 1. The SMILES string of the molecule is O=C(O)[C@@H](Cc1cc(Cl)cc(Cl)c1)Oc1ccc(Cl)cc1. The lowest BCUT2D eigenvalue weighted by molar-refractivity contribution is -0.145. The lowest BCUT2D eigenvalue weighted by Crippen LogP contribution is -2.29. The van der Waals surface area contributed by atoms with Crippen LogP contribution < -0.4 is 4.74 Å². The summed E-state index contributed by atoms with van der Waals surface area (Å²) in [4.78, 5) is 11.3. The maximum atomic E-state index is 11.3. The summed E-state index contributed by atoms with van der Waals surface area (Å²) in [6.45, 7) is 0. The van der Waals surface area contributed by atoms with E-state index >= 15 is 0 Å². The number of benzene rings is 2. The molecule has 0 bridgehead atoms. The molecular weight excluding hydrogens is 335 g/mol. The monoisotopic (exact) mass is 344 g/mol. The summed E-state index contributed by atoms with van der Waals surface area (Å²) in [7, 11) is 0. The Morgan fingerprint density at radius 1 is 1.00 bits per heavy atom. The molecule has 0 saturated heterocycles. The second-order valence-electron chi connectivity index (χ2n) is 4.38. The first-order valence-electron chi connectivity index (χ1n) is 6.04. The van der Waals surface area contributed by atoms with E-state index < -0.39 is 12.1 Å². The van der Waals surface area contributed by atoms with Crippen molar-refractivity contribution in [2.24, 2.45) is 0 Å². The number of carboxylic acids is 1. The smallest absolute Gasteiger partial charge is 0.345 e. The predicted octanol–water partition coefficient (Wildman–Crippen LogP) is 4.72. The van der Waals surface area contributed by atoms with Crippen molar-refractivity contribution in [3.63, 3.8) is 0 Å². The van der Waals surface area contributed by atoms with Crippen LogP contribution in [-0.2, 0) is 11.2 Å².